The van der Waals surface area contributed by atoms with Crippen molar-refractivity contribution >= 4 is 5.96 Å². The average Bonchev–Trinajstić information content (AvgIpc) is 3.06. The molecular weight excluding hydrogens is 286 g/mol. The average molecular weight is 313 g/mol. The Labute approximate surface area is 138 Å². The monoisotopic (exact) mass is 313 g/mol. The van der Waals surface area contributed by atoms with E-state index >= 15 is 0 Å². The van der Waals surface area contributed by atoms with Crippen LogP contribution >= 0.6 is 0 Å². The predicted molar refractivity (Wildman–Crippen MR) is 95.8 cm³/mol. The van der Waals surface area contributed by atoms with E-state index in [1.807, 2.05) is 16.9 Å². The van der Waals surface area contributed by atoms with Crippen LogP contribution in [0.25, 0.3) is 0 Å². The SMILES string of the molecule is CCNC(=NCC(C)c1ccc(C)cc1)NCCn1cccn1. The molecule has 0 saturated heterocycles. The summed E-state index contributed by atoms with van der Waals surface area (Å²) in [5.41, 5.74) is 2.62. The molecule has 0 spiro atoms. The molecule has 0 radical (unpaired) electrons. The van der Waals surface area contributed by atoms with Crippen molar-refractivity contribution in [2.24, 2.45) is 4.99 Å². The minimum absolute atomic E-state index is 0.400. The van der Waals surface area contributed by atoms with Crippen LogP contribution < -0.4 is 10.6 Å². The number of hydrogen-bond donors (Lipinski definition) is 2. The van der Waals surface area contributed by atoms with Gasteiger partial charge in [-0.15, -0.1) is 0 Å². The molecule has 1 unspecified atom stereocenters. The van der Waals surface area contributed by atoms with Gasteiger partial charge < -0.3 is 10.6 Å². The summed E-state index contributed by atoms with van der Waals surface area (Å²) >= 11 is 0. The Morgan fingerprint density at radius 1 is 1.26 bits per heavy atom. The number of benzene rings is 1. The fourth-order valence-electron chi connectivity index (χ4n) is 2.29. The third-order valence-electron chi connectivity index (χ3n) is 3.71. The Morgan fingerprint density at radius 3 is 2.70 bits per heavy atom. The molecule has 0 aliphatic rings. The second-order valence-corrected chi connectivity index (χ2v) is 5.73. The van der Waals surface area contributed by atoms with Gasteiger partial charge in [0, 0.05) is 37.9 Å². The molecule has 0 saturated carbocycles. The summed E-state index contributed by atoms with van der Waals surface area (Å²) in [6.45, 7) is 9.64. The van der Waals surface area contributed by atoms with Crippen LogP contribution in [-0.4, -0.2) is 35.4 Å². The summed E-state index contributed by atoms with van der Waals surface area (Å²) in [4.78, 5) is 4.70. The zero-order valence-electron chi connectivity index (χ0n) is 14.3. The molecular formula is C18H27N5. The molecule has 1 aromatic carbocycles. The minimum atomic E-state index is 0.400. The number of aryl methyl sites for hydroxylation is 1. The molecule has 23 heavy (non-hydrogen) atoms. The summed E-state index contributed by atoms with van der Waals surface area (Å²) < 4.78 is 1.91. The molecule has 1 heterocycles. The molecule has 2 aromatic rings. The van der Waals surface area contributed by atoms with Crippen LogP contribution in [0.5, 0.6) is 0 Å². The van der Waals surface area contributed by atoms with Crippen molar-refractivity contribution < 1.29 is 0 Å². The van der Waals surface area contributed by atoms with Crippen LogP contribution in [0.4, 0.5) is 0 Å². The lowest BCUT2D eigenvalue weighted by Crippen LogP contribution is -2.39. The van der Waals surface area contributed by atoms with Crippen LogP contribution in [0, 0.1) is 6.92 Å². The third kappa shape index (κ3) is 5.77. The normalized spacial score (nSPS) is 12.9. The van der Waals surface area contributed by atoms with Crippen molar-refractivity contribution in [3.05, 3.63) is 53.9 Å². The van der Waals surface area contributed by atoms with E-state index in [2.05, 4.69) is 60.8 Å². The van der Waals surface area contributed by atoms with Gasteiger partial charge in [0.1, 0.15) is 0 Å². The van der Waals surface area contributed by atoms with E-state index < -0.39 is 0 Å². The van der Waals surface area contributed by atoms with Gasteiger partial charge in [-0.05, 0) is 25.5 Å². The molecule has 1 atom stereocenters. The topological polar surface area (TPSA) is 54.2 Å². The summed E-state index contributed by atoms with van der Waals surface area (Å²) in [5, 5.41) is 10.8. The van der Waals surface area contributed by atoms with Crippen molar-refractivity contribution in [1.29, 1.82) is 0 Å². The summed E-state index contributed by atoms with van der Waals surface area (Å²) in [6, 6.07) is 10.6. The first kappa shape index (κ1) is 17.1. The third-order valence-corrected chi connectivity index (χ3v) is 3.71. The minimum Gasteiger partial charge on any atom is -0.357 e. The highest BCUT2D eigenvalue weighted by molar-refractivity contribution is 5.79. The molecule has 5 heteroatoms. The first-order valence-electron chi connectivity index (χ1n) is 8.25. The summed E-state index contributed by atoms with van der Waals surface area (Å²) in [6.07, 6.45) is 3.76. The highest BCUT2D eigenvalue weighted by Crippen LogP contribution is 2.15. The Morgan fingerprint density at radius 2 is 2.04 bits per heavy atom. The number of guanidine groups is 1. The van der Waals surface area contributed by atoms with Gasteiger partial charge in [-0.3, -0.25) is 9.67 Å². The number of aliphatic imine (C=N–C) groups is 1. The van der Waals surface area contributed by atoms with E-state index in [0.29, 0.717) is 5.92 Å². The van der Waals surface area contributed by atoms with Crippen molar-refractivity contribution in [3.63, 3.8) is 0 Å². The quantitative estimate of drug-likeness (QED) is 0.610. The number of nitrogens with zero attached hydrogens (tertiary/aromatic N) is 3. The van der Waals surface area contributed by atoms with Crippen LogP contribution in [0.15, 0.2) is 47.7 Å². The van der Waals surface area contributed by atoms with Gasteiger partial charge in [0.25, 0.3) is 0 Å². The first-order chi connectivity index (χ1) is 11.2. The zero-order chi connectivity index (χ0) is 16.5. The zero-order valence-corrected chi connectivity index (χ0v) is 14.3. The number of rotatable bonds is 7. The van der Waals surface area contributed by atoms with Crippen molar-refractivity contribution in [1.82, 2.24) is 20.4 Å². The molecule has 0 fully saturated rings. The lowest BCUT2D eigenvalue weighted by molar-refractivity contribution is 0.597. The van der Waals surface area contributed by atoms with E-state index in [1.165, 1.54) is 11.1 Å². The maximum atomic E-state index is 4.70. The molecule has 124 valence electrons. The van der Waals surface area contributed by atoms with Crippen LogP contribution in [0.2, 0.25) is 0 Å². The standard InChI is InChI=1S/C18H27N5/c1-4-19-18(20-11-13-23-12-5-10-22-23)21-14-16(3)17-8-6-15(2)7-9-17/h5-10,12,16H,4,11,13-14H2,1-3H3,(H2,19,20,21). The molecule has 0 aliphatic heterocycles. The van der Waals surface area contributed by atoms with Gasteiger partial charge in [-0.1, -0.05) is 36.8 Å². The van der Waals surface area contributed by atoms with E-state index in [4.69, 9.17) is 4.99 Å². The van der Waals surface area contributed by atoms with Crippen LogP contribution in [0.1, 0.15) is 30.9 Å². The summed E-state index contributed by atoms with van der Waals surface area (Å²) in [7, 11) is 0. The smallest absolute Gasteiger partial charge is 0.191 e. The van der Waals surface area contributed by atoms with Crippen molar-refractivity contribution in [3.8, 4) is 0 Å². The second-order valence-electron chi connectivity index (χ2n) is 5.73. The lowest BCUT2D eigenvalue weighted by Gasteiger charge is -2.14. The van der Waals surface area contributed by atoms with Gasteiger partial charge >= 0.3 is 0 Å². The Balaban J connectivity index is 1.85. The van der Waals surface area contributed by atoms with Gasteiger partial charge in [-0.2, -0.15) is 5.10 Å². The van der Waals surface area contributed by atoms with E-state index in [1.54, 1.807) is 6.20 Å². The van der Waals surface area contributed by atoms with Gasteiger partial charge in [0.05, 0.1) is 6.54 Å². The number of aromatic nitrogens is 2. The maximum absolute atomic E-state index is 4.70. The maximum Gasteiger partial charge on any atom is 0.191 e. The lowest BCUT2D eigenvalue weighted by atomic mass is 10.0. The summed E-state index contributed by atoms with van der Waals surface area (Å²) in [5.74, 6) is 1.26. The molecule has 1 aromatic heterocycles. The highest BCUT2D eigenvalue weighted by atomic mass is 15.3. The number of hydrogen-bond acceptors (Lipinski definition) is 2. The second kappa shape index (κ2) is 8.98. The Bertz CT molecular complexity index is 586. The number of nitrogens with one attached hydrogen (secondary N) is 2. The first-order valence-corrected chi connectivity index (χ1v) is 8.25. The molecule has 5 nitrogen and oxygen atoms in total. The fraction of sp³-hybridized carbons (Fsp3) is 0.444. The van der Waals surface area contributed by atoms with Gasteiger partial charge in [0.15, 0.2) is 5.96 Å². The molecule has 0 bridgehead atoms. The van der Waals surface area contributed by atoms with Crippen LogP contribution in [-0.2, 0) is 6.54 Å². The largest absolute Gasteiger partial charge is 0.357 e. The predicted octanol–water partition coefficient (Wildman–Crippen LogP) is 2.55. The van der Waals surface area contributed by atoms with E-state index in [9.17, 15) is 0 Å². The van der Waals surface area contributed by atoms with Crippen LogP contribution in [0.3, 0.4) is 0 Å². The van der Waals surface area contributed by atoms with Gasteiger partial charge in [-0.25, -0.2) is 0 Å². The van der Waals surface area contributed by atoms with Gasteiger partial charge in [0.2, 0.25) is 0 Å². The van der Waals surface area contributed by atoms with E-state index in [0.717, 1.165) is 32.1 Å². The molecule has 0 amide bonds. The van der Waals surface area contributed by atoms with Crippen molar-refractivity contribution in [2.45, 2.75) is 33.2 Å². The molecule has 2 rings (SSSR count). The molecule has 2 N–H and O–H groups in total. The Kier molecular flexibility index (Phi) is 6.66. The van der Waals surface area contributed by atoms with Crippen molar-refractivity contribution in [2.75, 3.05) is 19.6 Å². The molecule has 0 aliphatic carbocycles. The highest BCUT2D eigenvalue weighted by Gasteiger charge is 2.05. The van der Waals surface area contributed by atoms with E-state index in [-0.39, 0.29) is 0 Å². The fourth-order valence-corrected chi connectivity index (χ4v) is 2.29. The Hall–Kier alpha value is -2.30.